The van der Waals surface area contributed by atoms with Crippen molar-refractivity contribution < 1.29 is 14.3 Å². The van der Waals surface area contributed by atoms with Gasteiger partial charge in [0.2, 0.25) is 0 Å². The van der Waals surface area contributed by atoms with Crippen LogP contribution in [0.4, 0.5) is 5.69 Å². The van der Waals surface area contributed by atoms with Gasteiger partial charge < -0.3 is 20.1 Å². The van der Waals surface area contributed by atoms with E-state index < -0.39 is 0 Å². The van der Waals surface area contributed by atoms with Gasteiger partial charge in [0, 0.05) is 12.6 Å². The lowest BCUT2D eigenvalue weighted by molar-refractivity contribution is -0.118. The number of methoxy groups -OCH3 is 1. The van der Waals surface area contributed by atoms with E-state index in [0.29, 0.717) is 0 Å². The molecule has 5 heteroatoms. The smallest absolute Gasteiger partial charge is 0.262 e. The molecular weight excluding hydrogens is 292 g/mol. The topological polar surface area (TPSA) is 59.6 Å². The van der Waals surface area contributed by atoms with Crippen molar-refractivity contribution in [3.8, 4) is 11.5 Å². The first-order valence-corrected chi connectivity index (χ1v) is 7.58. The predicted octanol–water partition coefficient (Wildman–Crippen LogP) is 2.88. The summed E-state index contributed by atoms with van der Waals surface area (Å²) in [5.74, 6) is 1.46. The Bertz CT molecular complexity index is 698. The molecule has 0 saturated carbocycles. The second-order valence-corrected chi connectivity index (χ2v) is 5.54. The zero-order valence-electron chi connectivity index (χ0n) is 13.3. The van der Waals surface area contributed by atoms with E-state index in [4.69, 9.17) is 9.47 Å². The van der Waals surface area contributed by atoms with Crippen molar-refractivity contribution in [1.82, 2.24) is 5.32 Å². The number of amides is 1. The number of hydrogen-bond donors (Lipinski definition) is 2. The lowest BCUT2D eigenvalue weighted by Crippen LogP contribution is -2.26. The third-order valence-corrected chi connectivity index (χ3v) is 3.91. The van der Waals surface area contributed by atoms with Gasteiger partial charge in [0.15, 0.2) is 6.61 Å². The Hall–Kier alpha value is -2.53. The normalized spacial score (nSPS) is 14.4. The Morgan fingerprint density at radius 1 is 1.26 bits per heavy atom. The van der Waals surface area contributed by atoms with Crippen molar-refractivity contribution in [3.63, 3.8) is 0 Å². The van der Waals surface area contributed by atoms with Gasteiger partial charge in [-0.05, 0) is 42.3 Å². The highest BCUT2D eigenvalue weighted by atomic mass is 16.5. The zero-order chi connectivity index (χ0) is 16.2. The van der Waals surface area contributed by atoms with Gasteiger partial charge in [0.1, 0.15) is 11.5 Å². The van der Waals surface area contributed by atoms with Gasteiger partial charge in [-0.25, -0.2) is 0 Å². The van der Waals surface area contributed by atoms with Crippen molar-refractivity contribution in [2.75, 3.05) is 19.0 Å². The number of rotatable bonds is 5. The maximum Gasteiger partial charge on any atom is 0.262 e. The van der Waals surface area contributed by atoms with Crippen LogP contribution in [0, 0.1) is 0 Å². The maximum absolute atomic E-state index is 11.4. The highest BCUT2D eigenvalue weighted by molar-refractivity contribution is 5.95. The molecule has 0 fully saturated rings. The van der Waals surface area contributed by atoms with Crippen LogP contribution in [0.2, 0.25) is 0 Å². The summed E-state index contributed by atoms with van der Waals surface area (Å²) >= 11 is 0. The number of nitrogens with one attached hydrogen (secondary N) is 2. The number of anilines is 1. The molecule has 1 aliphatic rings. The minimum atomic E-state index is -0.117. The Kier molecular flexibility index (Phi) is 4.48. The number of fused-ring (bicyclic) bond motifs is 1. The van der Waals surface area contributed by atoms with E-state index in [1.807, 2.05) is 42.5 Å². The summed E-state index contributed by atoms with van der Waals surface area (Å²) in [6, 6.07) is 14.0. The number of hydrogen-bond acceptors (Lipinski definition) is 4. The fourth-order valence-corrected chi connectivity index (χ4v) is 2.50. The van der Waals surface area contributed by atoms with E-state index in [9.17, 15) is 4.79 Å². The third kappa shape index (κ3) is 3.63. The zero-order valence-corrected chi connectivity index (χ0v) is 13.3. The van der Waals surface area contributed by atoms with E-state index in [1.165, 1.54) is 5.56 Å². The van der Waals surface area contributed by atoms with Crippen LogP contribution in [-0.2, 0) is 11.3 Å². The number of benzene rings is 2. The Morgan fingerprint density at radius 3 is 2.78 bits per heavy atom. The highest BCUT2D eigenvalue weighted by Gasteiger charge is 2.17. The fourth-order valence-electron chi connectivity index (χ4n) is 2.50. The molecule has 0 unspecified atom stereocenters. The molecule has 2 aromatic carbocycles. The summed E-state index contributed by atoms with van der Waals surface area (Å²) in [7, 11) is 1.66. The van der Waals surface area contributed by atoms with Crippen LogP contribution in [0.5, 0.6) is 11.5 Å². The van der Waals surface area contributed by atoms with Gasteiger partial charge in [-0.15, -0.1) is 0 Å². The minimum absolute atomic E-state index is 0.0810. The van der Waals surface area contributed by atoms with Crippen LogP contribution in [0.3, 0.4) is 0 Å². The molecule has 0 saturated heterocycles. The van der Waals surface area contributed by atoms with Crippen molar-refractivity contribution in [2.45, 2.75) is 19.5 Å². The van der Waals surface area contributed by atoms with Crippen LogP contribution in [0.25, 0.3) is 0 Å². The number of carbonyl (C=O) groups excluding carboxylic acids is 1. The molecule has 1 atom stereocenters. The summed E-state index contributed by atoms with van der Waals surface area (Å²) in [5, 5.41) is 6.31. The van der Waals surface area contributed by atoms with Crippen LogP contribution in [0.15, 0.2) is 42.5 Å². The first-order chi connectivity index (χ1) is 11.2. The standard InChI is InChI=1S/C18H20N2O3/c1-12(19-10-13-3-6-15(22-2)7-4-13)14-5-8-17-16(9-14)20-18(21)11-23-17/h3-9,12,19H,10-11H2,1-2H3,(H,20,21)/t12-/m1/s1. The van der Waals surface area contributed by atoms with E-state index in [0.717, 1.165) is 29.3 Å². The Morgan fingerprint density at radius 2 is 2.04 bits per heavy atom. The SMILES string of the molecule is COc1ccc(CN[C@H](C)c2ccc3c(c2)NC(=O)CO3)cc1. The Balaban J connectivity index is 1.64. The van der Waals surface area contributed by atoms with E-state index in [2.05, 4.69) is 17.6 Å². The third-order valence-electron chi connectivity index (χ3n) is 3.91. The van der Waals surface area contributed by atoms with Gasteiger partial charge >= 0.3 is 0 Å². The first-order valence-electron chi connectivity index (χ1n) is 7.58. The molecule has 1 heterocycles. The predicted molar refractivity (Wildman–Crippen MR) is 88.8 cm³/mol. The summed E-state index contributed by atoms with van der Waals surface area (Å²) in [4.78, 5) is 11.4. The van der Waals surface area contributed by atoms with Crippen LogP contribution in [-0.4, -0.2) is 19.6 Å². The van der Waals surface area contributed by atoms with Gasteiger partial charge in [0.05, 0.1) is 12.8 Å². The monoisotopic (exact) mass is 312 g/mol. The molecule has 1 aliphatic heterocycles. The summed E-state index contributed by atoms with van der Waals surface area (Å²) in [5.41, 5.74) is 3.02. The van der Waals surface area contributed by atoms with Crippen molar-refractivity contribution in [1.29, 1.82) is 0 Å². The molecule has 3 rings (SSSR count). The average molecular weight is 312 g/mol. The highest BCUT2D eigenvalue weighted by Crippen LogP contribution is 2.30. The molecule has 0 spiro atoms. The second-order valence-electron chi connectivity index (χ2n) is 5.54. The van der Waals surface area contributed by atoms with Gasteiger partial charge in [-0.3, -0.25) is 4.79 Å². The lowest BCUT2D eigenvalue weighted by Gasteiger charge is -2.21. The van der Waals surface area contributed by atoms with Gasteiger partial charge in [-0.1, -0.05) is 18.2 Å². The molecular formula is C18H20N2O3. The van der Waals surface area contributed by atoms with E-state index >= 15 is 0 Å². The molecule has 120 valence electrons. The maximum atomic E-state index is 11.4. The molecule has 23 heavy (non-hydrogen) atoms. The van der Waals surface area contributed by atoms with Gasteiger partial charge in [0.25, 0.3) is 5.91 Å². The summed E-state index contributed by atoms with van der Waals surface area (Å²) in [6.07, 6.45) is 0. The van der Waals surface area contributed by atoms with Gasteiger partial charge in [-0.2, -0.15) is 0 Å². The molecule has 0 aromatic heterocycles. The van der Waals surface area contributed by atoms with E-state index in [1.54, 1.807) is 7.11 Å². The van der Waals surface area contributed by atoms with Crippen molar-refractivity contribution >= 4 is 11.6 Å². The molecule has 1 amide bonds. The average Bonchev–Trinajstić information content (AvgIpc) is 2.59. The van der Waals surface area contributed by atoms with Crippen LogP contribution >= 0.6 is 0 Å². The molecule has 0 bridgehead atoms. The minimum Gasteiger partial charge on any atom is -0.497 e. The molecule has 0 aliphatic carbocycles. The summed E-state index contributed by atoms with van der Waals surface area (Å²) in [6.45, 7) is 2.93. The quantitative estimate of drug-likeness (QED) is 0.891. The van der Waals surface area contributed by atoms with Crippen LogP contribution in [0.1, 0.15) is 24.1 Å². The Labute approximate surface area is 135 Å². The molecule has 0 radical (unpaired) electrons. The number of ether oxygens (including phenoxy) is 2. The largest absolute Gasteiger partial charge is 0.497 e. The fraction of sp³-hybridized carbons (Fsp3) is 0.278. The molecule has 2 N–H and O–H groups in total. The van der Waals surface area contributed by atoms with E-state index in [-0.39, 0.29) is 18.6 Å². The first kappa shape index (κ1) is 15.4. The van der Waals surface area contributed by atoms with Crippen LogP contribution < -0.4 is 20.1 Å². The van der Waals surface area contributed by atoms with Crippen molar-refractivity contribution in [3.05, 3.63) is 53.6 Å². The number of carbonyl (C=O) groups is 1. The summed E-state index contributed by atoms with van der Waals surface area (Å²) < 4.78 is 10.5. The molecule has 5 nitrogen and oxygen atoms in total. The van der Waals surface area contributed by atoms with Crippen molar-refractivity contribution in [2.24, 2.45) is 0 Å². The second kappa shape index (κ2) is 6.71. The molecule has 2 aromatic rings. The lowest BCUT2D eigenvalue weighted by atomic mass is 10.1.